The second-order valence-electron chi connectivity index (χ2n) is 5.66. The van der Waals surface area contributed by atoms with Gasteiger partial charge < -0.3 is 5.32 Å². The first-order chi connectivity index (χ1) is 10.2. The lowest BCUT2D eigenvalue weighted by atomic mass is 10.0. The van der Waals surface area contributed by atoms with Gasteiger partial charge in [0.1, 0.15) is 12.1 Å². The molecule has 3 aromatic rings. The molecule has 3 nitrogen and oxygen atoms in total. The standard InChI is InChI=1S/C18H19N3/c1-13(2)10-14-8-9-17-16(11-14)18(20-12-19-17)21-15-6-4-3-5-7-15/h3-9,11-13H,10H2,1-2H3,(H,19,20,21). The summed E-state index contributed by atoms with van der Waals surface area (Å²) < 4.78 is 0. The molecule has 2 aromatic carbocycles. The van der Waals surface area contributed by atoms with Crippen molar-refractivity contribution in [2.24, 2.45) is 5.92 Å². The van der Waals surface area contributed by atoms with E-state index in [-0.39, 0.29) is 0 Å². The third-order valence-corrected chi connectivity index (χ3v) is 3.38. The maximum atomic E-state index is 4.40. The number of rotatable bonds is 4. The van der Waals surface area contributed by atoms with Gasteiger partial charge in [0.25, 0.3) is 0 Å². The Balaban J connectivity index is 2.01. The molecule has 0 unspecified atom stereocenters. The van der Waals surface area contributed by atoms with Crippen molar-refractivity contribution in [2.45, 2.75) is 20.3 Å². The Kier molecular flexibility index (Phi) is 3.82. The highest BCUT2D eigenvalue weighted by molar-refractivity contribution is 5.91. The quantitative estimate of drug-likeness (QED) is 0.759. The van der Waals surface area contributed by atoms with Gasteiger partial charge in [0.15, 0.2) is 0 Å². The molecule has 106 valence electrons. The zero-order valence-corrected chi connectivity index (χ0v) is 12.4. The monoisotopic (exact) mass is 277 g/mol. The molecule has 0 spiro atoms. The van der Waals surface area contributed by atoms with E-state index in [0.29, 0.717) is 5.92 Å². The highest BCUT2D eigenvalue weighted by Gasteiger charge is 2.06. The summed E-state index contributed by atoms with van der Waals surface area (Å²) in [6.07, 6.45) is 2.67. The zero-order valence-electron chi connectivity index (χ0n) is 12.4. The highest BCUT2D eigenvalue weighted by atomic mass is 15.0. The van der Waals surface area contributed by atoms with Crippen molar-refractivity contribution in [1.29, 1.82) is 0 Å². The molecule has 0 aliphatic carbocycles. The van der Waals surface area contributed by atoms with Crippen LogP contribution < -0.4 is 5.32 Å². The van der Waals surface area contributed by atoms with E-state index in [1.54, 1.807) is 6.33 Å². The molecule has 1 heterocycles. The van der Waals surface area contributed by atoms with Gasteiger partial charge in [0, 0.05) is 11.1 Å². The van der Waals surface area contributed by atoms with Crippen LogP contribution in [-0.2, 0) is 6.42 Å². The van der Waals surface area contributed by atoms with Gasteiger partial charge in [-0.15, -0.1) is 0 Å². The highest BCUT2D eigenvalue weighted by Crippen LogP contribution is 2.24. The Labute approximate surface area is 125 Å². The van der Waals surface area contributed by atoms with E-state index in [9.17, 15) is 0 Å². The number of aromatic nitrogens is 2. The zero-order chi connectivity index (χ0) is 14.7. The average molecular weight is 277 g/mol. The first-order valence-corrected chi connectivity index (χ1v) is 7.28. The van der Waals surface area contributed by atoms with Gasteiger partial charge in [-0.05, 0) is 42.2 Å². The fraction of sp³-hybridized carbons (Fsp3) is 0.222. The minimum atomic E-state index is 0.637. The van der Waals surface area contributed by atoms with Crippen molar-refractivity contribution in [3.8, 4) is 0 Å². The molecule has 0 aliphatic heterocycles. The number of anilines is 2. The molecule has 0 saturated carbocycles. The SMILES string of the molecule is CC(C)Cc1ccc2ncnc(Nc3ccccc3)c2c1. The van der Waals surface area contributed by atoms with E-state index < -0.39 is 0 Å². The average Bonchev–Trinajstić information content (AvgIpc) is 2.48. The van der Waals surface area contributed by atoms with Gasteiger partial charge in [-0.3, -0.25) is 0 Å². The largest absolute Gasteiger partial charge is 0.340 e. The van der Waals surface area contributed by atoms with Gasteiger partial charge in [0.05, 0.1) is 5.52 Å². The number of hydrogen-bond donors (Lipinski definition) is 1. The van der Waals surface area contributed by atoms with Crippen LogP contribution in [0.5, 0.6) is 0 Å². The minimum Gasteiger partial charge on any atom is -0.340 e. The second kappa shape index (κ2) is 5.92. The van der Waals surface area contributed by atoms with Crippen molar-refractivity contribution >= 4 is 22.4 Å². The summed E-state index contributed by atoms with van der Waals surface area (Å²) in [7, 11) is 0. The third-order valence-electron chi connectivity index (χ3n) is 3.38. The molecule has 0 atom stereocenters. The van der Waals surface area contributed by atoms with E-state index in [0.717, 1.165) is 28.8 Å². The molecule has 21 heavy (non-hydrogen) atoms. The van der Waals surface area contributed by atoms with Gasteiger partial charge in [-0.1, -0.05) is 38.1 Å². The Bertz CT molecular complexity index is 736. The molecule has 0 aliphatic rings. The van der Waals surface area contributed by atoms with Crippen LogP contribution >= 0.6 is 0 Å². The predicted octanol–water partition coefficient (Wildman–Crippen LogP) is 4.57. The molecular formula is C18H19N3. The summed E-state index contributed by atoms with van der Waals surface area (Å²) in [5, 5.41) is 4.45. The Hall–Kier alpha value is -2.42. The Morgan fingerprint density at radius 1 is 1.00 bits per heavy atom. The van der Waals surface area contributed by atoms with Crippen molar-refractivity contribution in [2.75, 3.05) is 5.32 Å². The van der Waals surface area contributed by atoms with Crippen LogP contribution in [0.25, 0.3) is 10.9 Å². The number of fused-ring (bicyclic) bond motifs is 1. The molecule has 1 N–H and O–H groups in total. The van der Waals surface area contributed by atoms with Crippen molar-refractivity contribution in [3.63, 3.8) is 0 Å². The topological polar surface area (TPSA) is 37.8 Å². The lowest BCUT2D eigenvalue weighted by Gasteiger charge is -2.10. The number of benzene rings is 2. The Morgan fingerprint density at radius 3 is 2.57 bits per heavy atom. The van der Waals surface area contributed by atoms with Gasteiger partial charge in [0.2, 0.25) is 0 Å². The fourth-order valence-corrected chi connectivity index (χ4v) is 2.46. The van der Waals surface area contributed by atoms with E-state index in [4.69, 9.17) is 0 Å². The van der Waals surface area contributed by atoms with E-state index in [2.05, 4.69) is 47.3 Å². The lowest BCUT2D eigenvalue weighted by molar-refractivity contribution is 0.648. The van der Waals surface area contributed by atoms with Gasteiger partial charge in [-0.2, -0.15) is 0 Å². The molecule has 1 aromatic heterocycles. The number of nitrogens with zero attached hydrogens (tertiary/aromatic N) is 2. The van der Waals surface area contributed by atoms with E-state index in [1.165, 1.54) is 5.56 Å². The van der Waals surface area contributed by atoms with Gasteiger partial charge >= 0.3 is 0 Å². The molecule has 0 bridgehead atoms. The van der Waals surface area contributed by atoms with Crippen LogP contribution in [0.4, 0.5) is 11.5 Å². The molecule has 3 heteroatoms. The van der Waals surface area contributed by atoms with Crippen LogP contribution in [0.1, 0.15) is 19.4 Å². The Morgan fingerprint density at radius 2 is 1.81 bits per heavy atom. The summed E-state index contributed by atoms with van der Waals surface area (Å²) in [4.78, 5) is 8.75. The predicted molar refractivity (Wildman–Crippen MR) is 87.8 cm³/mol. The van der Waals surface area contributed by atoms with E-state index in [1.807, 2.05) is 30.3 Å². The van der Waals surface area contributed by atoms with E-state index >= 15 is 0 Å². The first-order valence-electron chi connectivity index (χ1n) is 7.28. The fourth-order valence-electron chi connectivity index (χ4n) is 2.46. The summed E-state index contributed by atoms with van der Waals surface area (Å²) in [5.41, 5.74) is 3.33. The van der Waals surface area contributed by atoms with Crippen LogP contribution in [0.2, 0.25) is 0 Å². The van der Waals surface area contributed by atoms with Crippen LogP contribution in [-0.4, -0.2) is 9.97 Å². The number of nitrogens with one attached hydrogen (secondary N) is 1. The molecule has 0 radical (unpaired) electrons. The first kappa shape index (κ1) is 13.6. The summed E-state index contributed by atoms with van der Waals surface area (Å²) in [6, 6.07) is 16.5. The van der Waals surface area contributed by atoms with Crippen molar-refractivity contribution < 1.29 is 0 Å². The lowest BCUT2D eigenvalue weighted by Crippen LogP contribution is -1.98. The maximum Gasteiger partial charge on any atom is 0.141 e. The molecule has 0 fully saturated rings. The minimum absolute atomic E-state index is 0.637. The van der Waals surface area contributed by atoms with Crippen LogP contribution in [0.3, 0.4) is 0 Å². The second-order valence-corrected chi connectivity index (χ2v) is 5.66. The third kappa shape index (κ3) is 3.19. The maximum absolute atomic E-state index is 4.40. The summed E-state index contributed by atoms with van der Waals surface area (Å²) in [6.45, 7) is 4.46. The summed E-state index contributed by atoms with van der Waals surface area (Å²) >= 11 is 0. The molecule has 0 saturated heterocycles. The smallest absolute Gasteiger partial charge is 0.141 e. The van der Waals surface area contributed by atoms with Crippen molar-refractivity contribution in [1.82, 2.24) is 9.97 Å². The van der Waals surface area contributed by atoms with Gasteiger partial charge in [-0.25, -0.2) is 9.97 Å². The normalized spacial score (nSPS) is 11.0. The number of para-hydroxylation sites is 1. The van der Waals surface area contributed by atoms with Crippen molar-refractivity contribution in [3.05, 3.63) is 60.4 Å². The van der Waals surface area contributed by atoms with Crippen LogP contribution in [0.15, 0.2) is 54.9 Å². The number of hydrogen-bond acceptors (Lipinski definition) is 3. The molecule has 0 amide bonds. The molecular weight excluding hydrogens is 258 g/mol. The van der Waals surface area contributed by atoms with Crippen LogP contribution in [0, 0.1) is 5.92 Å². The summed E-state index contributed by atoms with van der Waals surface area (Å²) in [5.74, 6) is 1.49. The molecule has 3 rings (SSSR count).